The van der Waals surface area contributed by atoms with Crippen LogP contribution in [0.2, 0.25) is 0 Å². The standard InChI is InChI=1S/C13H25NOS/c1-2-3-10(9-16)6-14-7-11-4-5-13(15)12(11)8-14/h10-13,15-16H,2-9H2,1H3. The second kappa shape index (κ2) is 5.74. The van der Waals surface area contributed by atoms with Crippen LogP contribution in [-0.4, -0.2) is 41.5 Å². The lowest BCUT2D eigenvalue weighted by atomic mass is 10.00. The van der Waals surface area contributed by atoms with Crippen molar-refractivity contribution in [2.24, 2.45) is 17.8 Å². The highest BCUT2D eigenvalue weighted by Gasteiger charge is 2.41. The van der Waals surface area contributed by atoms with Gasteiger partial charge in [-0.2, -0.15) is 12.6 Å². The van der Waals surface area contributed by atoms with Gasteiger partial charge in [-0.3, -0.25) is 0 Å². The summed E-state index contributed by atoms with van der Waals surface area (Å²) in [6, 6.07) is 0. The van der Waals surface area contributed by atoms with Crippen LogP contribution < -0.4 is 0 Å². The molecule has 94 valence electrons. The van der Waals surface area contributed by atoms with Gasteiger partial charge in [0.15, 0.2) is 0 Å². The van der Waals surface area contributed by atoms with Gasteiger partial charge in [-0.25, -0.2) is 0 Å². The number of fused-ring (bicyclic) bond motifs is 1. The minimum absolute atomic E-state index is 0.0179. The molecule has 3 heteroatoms. The highest BCUT2D eigenvalue weighted by atomic mass is 32.1. The van der Waals surface area contributed by atoms with Gasteiger partial charge in [-0.05, 0) is 36.9 Å². The Bertz CT molecular complexity index is 224. The summed E-state index contributed by atoms with van der Waals surface area (Å²) in [7, 11) is 0. The van der Waals surface area contributed by atoms with E-state index in [0.29, 0.717) is 5.92 Å². The number of thiol groups is 1. The van der Waals surface area contributed by atoms with Crippen molar-refractivity contribution in [1.29, 1.82) is 0 Å². The van der Waals surface area contributed by atoms with Crippen LogP contribution in [0.15, 0.2) is 0 Å². The molecule has 0 radical (unpaired) electrons. The third-order valence-electron chi connectivity index (χ3n) is 4.37. The Morgan fingerprint density at radius 2 is 2.19 bits per heavy atom. The molecule has 1 saturated carbocycles. The summed E-state index contributed by atoms with van der Waals surface area (Å²) < 4.78 is 0. The molecule has 1 heterocycles. The highest BCUT2D eigenvalue weighted by Crippen LogP contribution is 2.38. The molecule has 0 spiro atoms. The van der Waals surface area contributed by atoms with Crippen LogP contribution in [0.25, 0.3) is 0 Å². The summed E-state index contributed by atoms with van der Waals surface area (Å²) in [4.78, 5) is 2.56. The van der Waals surface area contributed by atoms with Crippen molar-refractivity contribution >= 4 is 12.6 Å². The molecule has 4 unspecified atom stereocenters. The monoisotopic (exact) mass is 243 g/mol. The third kappa shape index (κ3) is 2.74. The second-order valence-electron chi connectivity index (χ2n) is 5.62. The maximum Gasteiger partial charge on any atom is 0.0583 e. The van der Waals surface area contributed by atoms with E-state index in [1.807, 2.05) is 0 Å². The zero-order chi connectivity index (χ0) is 11.5. The van der Waals surface area contributed by atoms with Crippen LogP contribution in [0, 0.1) is 17.8 Å². The molecule has 2 aliphatic rings. The first-order valence-electron chi connectivity index (χ1n) is 6.75. The first-order chi connectivity index (χ1) is 7.74. The Balaban J connectivity index is 1.80. The molecule has 1 N–H and O–H groups in total. The molecule has 1 saturated heterocycles. The van der Waals surface area contributed by atoms with Gasteiger partial charge in [0, 0.05) is 25.6 Å². The lowest BCUT2D eigenvalue weighted by Gasteiger charge is -2.23. The van der Waals surface area contributed by atoms with E-state index in [9.17, 15) is 5.11 Å². The highest BCUT2D eigenvalue weighted by molar-refractivity contribution is 7.80. The maximum absolute atomic E-state index is 9.87. The van der Waals surface area contributed by atoms with Crippen molar-refractivity contribution in [2.75, 3.05) is 25.4 Å². The van der Waals surface area contributed by atoms with Crippen molar-refractivity contribution in [3.63, 3.8) is 0 Å². The van der Waals surface area contributed by atoms with E-state index in [1.54, 1.807) is 0 Å². The Hall–Kier alpha value is 0.270. The molecule has 2 fully saturated rings. The molecule has 0 amide bonds. The lowest BCUT2D eigenvalue weighted by Crippen LogP contribution is -2.30. The molecular formula is C13H25NOS. The quantitative estimate of drug-likeness (QED) is 0.722. The molecular weight excluding hydrogens is 218 g/mol. The van der Waals surface area contributed by atoms with Crippen LogP contribution in [0.3, 0.4) is 0 Å². The van der Waals surface area contributed by atoms with E-state index in [2.05, 4.69) is 24.5 Å². The van der Waals surface area contributed by atoms with Gasteiger partial charge in [0.05, 0.1) is 6.10 Å². The van der Waals surface area contributed by atoms with E-state index in [0.717, 1.165) is 30.6 Å². The van der Waals surface area contributed by atoms with Crippen molar-refractivity contribution in [3.05, 3.63) is 0 Å². The molecule has 1 aliphatic heterocycles. The predicted octanol–water partition coefficient (Wildman–Crippen LogP) is 2.04. The van der Waals surface area contributed by atoms with Crippen molar-refractivity contribution in [3.8, 4) is 0 Å². The molecule has 16 heavy (non-hydrogen) atoms. The van der Waals surface area contributed by atoms with Crippen molar-refractivity contribution in [1.82, 2.24) is 4.90 Å². The van der Waals surface area contributed by atoms with Crippen LogP contribution in [0.5, 0.6) is 0 Å². The van der Waals surface area contributed by atoms with E-state index >= 15 is 0 Å². The number of rotatable bonds is 5. The van der Waals surface area contributed by atoms with Crippen LogP contribution in [0.1, 0.15) is 32.6 Å². The Kier molecular flexibility index (Phi) is 4.57. The molecule has 4 atom stereocenters. The summed E-state index contributed by atoms with van der Waals surface area (Å²) in [5, 5.41) is 9.87. The zero-order valence-electron chi connectivity index (χ0n) is 10.3. The summed E-state index contributed by atoms with van der Waals surface area (Å²) in [6.45, 7) is 5.78. The Labute approximate surface area is 105 Å². The van der Waals surface area contributed by atoms with Gasteiger partial charge in [-0.15, -0.1) is 0 Å². The average Bonchev–Trinajstić information content (AvgIpc) is 2.81. The minimum atomic E-state index is -0.0179. The fourth-order valence-corrected chi connectivity index (χ4v) is 3.79. The summed E-state index contributed by atoms with van der Waals surface area (Å²) in [6.07, 6.45) is 4.80. The van der Waals surface area contributed by atoms with E-state index in [1.165, 1.54) is 32.4 Å². The zero-order valence-corrected chi connectivity index (χ0v) is 11.2. The molecule has 1 aliphatic carbocycles. The molecule has 0 aromatic rings. The third-order valence-corrected chi connectivity index (χ3v) is 4.88. The predicted molar refractivity (Wildman–Crippen MR) is 70.9 cm³/mol. The average molecular weight is 243 g/mol. The molecule has 0 aromatic carbocycles. The number of hydrogen-bond donors (Lipinski definition) is 2. The first-order valence-corrected chi connectivity index (χ1v) is 7.39. The van der Waals surface area contributed by atoms with E-state index in [-0.39, 0.29) is 6.10 Å². The normalized spacial score (nSPS) is 36.6. The summed E-state index contributed by atoms with van der Waals surface area (Å²) >= 11 is 4.45. The SMILES string of the molecule is CCCC(CS)CN1CC2CCC(O)C2C1. The largest absolute Gasteiger partial charge is 0.393 e. The topological polar surface area (TPSA) is 23.5 Å². The van der Waals surface area contributed by atoms with Crippen molar-refractivity contribution < 1.29 is 5.11 Å². The van der Waals surface area contributed by atoms with Gasteiger partial charge < -0.3 is 10.0 Å². The second-order valence-corrected chi connectivity index (χ2v) is 5.99. The lowest BCUT2D eigenvalue weighted by molar-refractivity contribution is 0.122. The minimum Gasteiger partial charge on any atom is -0.393 e. The Morgan fingerprint density at radius 1 is 1.38 bits per heavy atom. The van der Waals surface area contributed by atoms with Gasteiger partial charge in [0.2, 0.25) is 0 Å². The fourth-order valence-electron chi connectivity index (χ4n) is 3.49. The number of hydrogen-bond acceptors (Lipinski definition) is 3. The number of nitrogens with zero attached hydrogens (tertiary/aromatic N) is 1. The number of likely N-dealkylation sites (tertiary alicyclic amines) is 1. The Morgan fingerprint density at radius 3 is 2.81 bits per heavy atom. The van der Waals surface area contributed by atoms with E-state index < -0.39 is 0 Å². The smallest absolute Gasteiger partial charge is 0.0583 e. The van der Waals surface area contributed by atoms with Gasteiger partial charge in [0.25, 0.3) is 0 Å². The summed E-state index contributed by atoms with van der Waals surface area (Å²) in [5.74, 6) is 3.09. The van der Waals surface area contributed by atoms with Crippen LogP contribution >= 0.6 is 12.6 Å². The first kappa shape index (κ1) is 12.7. The van der Waals surface area contributed by atoms with Crippen LogP contribution in [0.4, 0.5) is 0 Å². The van der Waals surface area contributed by atoms with Crippen LogP contribution in [-0.2, 0) is 0 Å². The summed E-state index contributed by atoms with van der Waals surface area (Å²) in [5.41, 5.74) is 0. The molecule has 0 bridgehead atoms. The van der Waals surface area contributed by atoms with Gasteiger partial charge in [0.1, 0.15) is 0 Å². The fraction of sp³-hybridized carbons (Fsp3) is 1.00. The van der Waals surface area contributed by atoms with E-state index in [4.69, 9.17) is 0 Å². The number of aliphatic hydroxyl groups excluding tert-OH is 1. The van der Waals surface area contributed by atoms with Gasteiger partial charge in [-0.1, -0.05) is 13.3 Å². The number of aliphatic hydroxyl groups is 1. The molecule has 2 nitrogen and oxygen atoms in total. The molecule has 0 aromatic heterocycles. The maximum atomic E-state index is 9.87. The van der Waals surface area contributed by atoms with Crippen molar-refractivity contribution in [2.45, 2.75) is 38.7 Å². The van der Waals surface area contributed by atoms with Gasteiger partial charge >= 0.3 is 0 Å². The molecule has 2 rings (SSSR count).